The first-order valence-corrected chi connectivity index (χ1v) is 8.40. The number of carboxylic acids is 1. The Bertz CT molecular complexity index is 717. The normalized spacial score (nSPS) is 23.8. The minimum absolute atomic E-state index is 0.0123. The second kappa shape index (κ2) is 6.84. The predicted octanol–water partition coefficient (Wildman–Crippen LogP) is 0.968. The van der Waals surface area contributed by atoms with Crippen LogP contribution in [0.4, 0.5) is 5.69 Å². The van der Waals surface area contributed by atoms with Gasteiger partial charge in [0.25, 0.3) is 0 Å². The minimum Gasteiger partial charge on any atom is -0.479 e. The van der Waals surface area contributed by atoms with Crippen molar-refractivity contribution in [1.29, 1.82) is 0 Å². The van der Waals surface area contributed by atoms with Crippen molar-refractivity contribution in [2.75, 3.05) is 31.1 Å². The summed E-state index contributed by atoms with van der Waals surface area (Å²) in [6.07, 6.45) is -0.579. The van der Waals surface area contributed by atoms with Crippen molar-refractivity contribution in [3.05, 3.63) is 29.3 Å². The van der Waals surface area contributed by atoms with Crippen LogP contribution in [0.5, 0.6) is 0 Å². The fourth-order valence-electron chi connectivity index (χ4n) is 3.28. The summed E-state index contributed by atoms with van der Waals surface area (Å²) in [6.45, 7) is 4.96. The summed E-state index contributed by atoms with van der Waals surface area (Å²) in [5.41, 5.74) is 3.04. The number of hydrogen-bond donors (Lipinski definition) is 1. The van der Waals surface area contributed by atoms with Crippen molar-refractivity contribution < 1.29 is 24.2 Å². The molecule has 1 aromatic carbocycles. The van der Waals surface area contributed by atoms with Gasteiger partial charge in [0.1, 0.15) is 5.92 Å². The SMILES string of the molecule is Cc1ccc(N2CC[C@H](C(=O)N3CCO[C@@H](C(=O)O)C3)C2=O)cc1C. The van der Waals surface area contributed by atoms with Gasteiger partial charge in [-0.1, -0.05) is 6.07 Å². The van der Waals surface area contributed by atoms with Gasteiger partial charge in [0.15, 0.2) is 6.10 Å². The van der Waals surface area contributed by atoms with Gasteiger partial charge in [0.05, 0.1) is 13.2 Å². The molecule has 2 saturated heterocycles. The highest BCUT2D eigenvalue weighted by Crippen LogP contribution is 2.28. The highest BCUT2D eigenvalue weighted by molar-refractivity contribution is 6.09. The number of ether oxygens (including phenoxy) is 1. The smallest absolute Gasteiger partial charge is 0.334 e. The number of benzene rings is 1. The fourth-order valence-corrected chi connectivity index (χ4v) is 3.28. The molecule has 0 aliphatic carbocycles. The molecule has 3 rings (SSSR count). The van der Waals surface area contributed by atoms with Crippen LogP contribution in [-0.2, 0) is 19.1 Å². The molecule has 134 valence electrons. The number of anilines is 1. The van der Waals surface area contributed by atoms with Gasteiger partial charge in [-0.3, -0.25) is 9.59 Å². The van der Waals surface area contributed by atoms with E-state index >= 15 is 0 Å². The van der Waals surface area contributed by atoms with E-state index in [0.29, 0.717) is 19.5 Å². The Balaban J connectivity index is 1.71. The van der Waals surface area contributed by atoms with Gasteiger partial charge in [-0.25, -0.2) is 4.79 Å². The van der Waals surface area contributed by atoms with Gasteiger partial charge < -0.3 is 19.6 Å². The number of rotatable bonds is 3. The maximum atomic E-state index is 12.7. The molecule has 25 heavy (non-hydrogen) atoms. The first kappa shape index (κ1) is 17.4. The van der Waals surface area contributed by atoms with Crippen molar-refractivity contribution in [2.45, 2.75) is 26.4 Å². The summed E-state index contributed by atoms with van der Waals surface area (Å²) in [6, 6.07) is 5.81. The molecule has 0 aromatic heterocycles. The average molecular weight is 346 g/mol. The lowest BCUT2D eigenvalue weighted by Crippen LogP contribution is -2.51. The van der Waals surface area contributed by atoms with Crippen molar-refractivity contribution in [1.82, 2.24) is 4.90 Å². The van der Waals surface area contributed by atoms with Gasteiger partial charge in [-0.15, -0.1) is 0 Å². The lowest BCUT2D eigenvalue weighted by Gasteiger charge is -2.32. The summed E-state index contributed by atoms with van der Waals surface area (Å²) < 4.78 is 5.14. The maximum Gasteiger partial charge on any atom is 0.334 e. The molecule has 2 aliphatic heterocycles. The highest BCUT2D eigenvalue weighted by atomic mass is 16.5. The number of aliphatic carboxylic acids is 1. The second-order valence-corrected chi connectivity index (χ2v) is 6.58. The predicted molar refractivity (Wildman–Crippen MR) is 90.3 cm³/mol. The Labute approximate surface area is 146 Å². The monoisotopic (exact) mass is 346 g/mol. The van der Waals surface area contributed by atoms with E-state index in [-0.39, 0.29) is 25.0 Å². The van der Waals surface area contributed by atoms with Crippen molar-refractivity contribution >= 4 is 23.5 Å². The molecule has 7 nitrogen and oxygen atoms in total. The van der Waals surface area contributed by atoms with Crippen LogP contribution in [0, 0.1) is 19.8 Å². The molecule has 1 N–H and O–H groups in total. The molecule has 0 saturated carbocycles. The highest BCUT2D eigenvalue weighted by Gasteiger charge is 2.41. The maximum absolute atomic E-state index is 12.7. The summed E-state index contributed by atoms with van der Waals surface area (Å²) in [4.78, 5) is 39.6. The molecule has 2 amide bonds. The zero-order valence-corrected chi connectivity index (χ0v) is 14.4. The van der Waals surface area contributed by atoms with E-state index in [9.17, 15) is 14.4 Å². The molecule has 1 aromatic rings. The molecule has 7 heteroatoms. The van der Waals surface area contributed by atoms with Crippen LogP contribution >= 0.6 is 0 Å². The largest absolute Gasteiger partial charge is 0.479 e. The Hall–Kier alpha value is -2.41. The van der Waals surface area contributed by atoms with Crippen molar-refractivity contribution in [3.63, 3.8) is 0 Å². The number of carbonyl (C=O) groups is 3. The second-order valence-electron chi connectivity index (χ2n) is 6.58. The van der Waals surface area contributed by atoms with Crippen LogP contribution < -0.4 is 4.90 Å². The standard InChI is InChI=1S/C18H22N2O5/c1-11-3-4-13(9-12(11)2)20-6-5-14(17(20)22)16(21)19-7-8-25-15(10-19)18(23)24/h3-4,9,14-15H,5-8,10H2,1-2H3,(H,23,24)/t14-,15-/m1/s1. The number of nitrogens with zero attached hydrogens (tertiary/aromatic N) is 2. The van der Waals surface area contributed by atoms with Gasteiger partial charge in [-0.2, -0.15) is 0 Å². The Morgan fingerprint density at radius 3 is 2.64 bits per heavy atom. The van der Waals surface area contributed by atoms with E-state index in [1.54, 1.807) is 4.90 Å². The van der Waals surface area contributed by atoms with Gasteiger partial charge in [0, 0.05) is 18.8 Å². The van der Waals surface area contributed by atoms with Crippen LogP contribution in [0.2, 0.25) is 0 Å². The summed E-state index contributed by atoms with van der Waals surface area (Å²) in [5.74, 6) is -2.35. The zero-order valence-electron chi connectivity index (χ0n) is 14.4. The molecule has 0 spiro atoms. The van der Waals surface area contributed by atoms with Crippen LogP contribution in [0.15, 0.2) is 18.2 Å². The molecular formula is C18H22N2O5. The van der Waals surface area contributed by atoms with Crippen LogP contribution in [0.25, 0.3) is 0 Å². The first-order valence-electron chi connectivity index (χ1n) is 8.40. The third-order valence-electron chi connectivity index (χ3n) is 4.96. The summed E-state index contributed by atoms with van der Waals surface area (Å²) in [7, 11) is 0. The van der Waals surface area contributed by atoms with E-state index in [2.05, 4.69) is 0 Å². The number of amides is 2. The molecule has 0 radical (unpaired) electrons. The summed E-state index contributed by atoms with van der Waals surface area (Å²) in [5, 5.41) is 9.06. The van der Waals surface area contributed by atoms with Crippen LogP contribution in [-0.4, -0.2) is 60.1 Å². The molecule has 2 atom stereocenters. The molecule has 0 unspecified atom stereocenters. The average Bonchev–Trinajstić information content (AvgIpc) is 2.98. The van der Waals surface area contributed by atoms with Crippen LogP contribution in [0.3, 0.4) is 0 Å². The van der Waals surface area contributed by atoms with E-state index in [4.69, 9.17) is 9.84 Å². The number of carboxylic acid groups (broad SMARTS) is 1. The Kier molecular flexibility index (Phi) is 4.76. The van der Waals surface area contributed by atoms with E-state index in [1.807, 2.05) is 32.0 Å². The third-order valence-corrected chi connectivity index (χ3v) is 4.96. The molecule has 2 heterocycles. The Morgan fingerprint density at radius 1 is 1.20 bits per heavy atom. The Morgan fingerprint density at radius 2 is 1.96 bits per heavy atom. The number of carbonyl (C=O) groups excluding carboxylic acids is 2. The quantitative estimate of drug-likeness (QED) is 0.824. The fraction of sp³-hybridized carbons (Fsp3) is 0.500. The van der Waals surface area contributed by atoms with Gasteiger partial charge in [-0.05, 0) is 43.5 Å². The molecule has 2 fully saturated rings. The topological polar surface area (TPSA) is 87.2 Å². The summed E-state index contributed by atoms with van der Waals surface area (Å²) >= 11 is 0. The first-order chi connectivity index (χ1) is 11.9. The van der Waals surface area contributed by atoms with Gasteiger partial charge in [0.2, 0.25) is 11.8 Å². The van der Waals surface area contributed by atoms with Crippen molar-refractivity contribution in [2.24, 2.45) is 5.92 Å². The third kappa shape index (κ3) is 3.37. The van der Waals surface area contributed by atoms with Crippen molar-refractivity contribution in [3.8, 4) is 0 Å². The molecular weight excluding hydrogens is 324 g/mol. The zero-order chi connectivity index (χ0) is 18.1. The van der Waals surface area contributed by atoms with E-state index < -0.39 is 18.0 Å². The number of morpholine rings is 1. The van der Waals surface area contributed by atoms with E-state index in [0.717, 1.165) is 16.8 Å². The van der Waals surface area contributed by atoms with Gasteiger partial charge >= 0.3 is 5.97 Å². The lowest BCUT2D eigenvalue weighted by molar-refractivity contribution is -0.160. The van der Waals surface area contributed by atoms with E-state index in [1.165, 1.54) is 4.90 Å². The van der Waals surface area contributed by atoms with Crippen LogP contribution in [0.1, 0.15) is 17.5 Å². The number of aryl methyl sites for hydroxylation is 2. The molecule has 0 bridgehead atoms. The lowest BCUT2D eigenvalue weighted by atomic mass is 10.1. The molecule has 2 aliphatic rings. The minimum atomic E-state index is -1.09. The number of hydrogen-bond acceptors (Lipinski definition) is 4.